The molecule has 0 spiro atoms. The van der Waals surface area contributed by atoms with Crippen LogP contribution in [0.2, 0.25) is 0 Å². The molecule has 1 N–H and O–H groups in total. The Hall–Kier alpha value is -3.38. The molecule has 0 fully saturated rings. The number of carbonyl (C=O) groups excluding carboxylic acids is 3. The van der Waals surface area contributed by atoms with Gasteiger partial charge in [-0.2, -0.15) is 0 Å². The van der Waals surface area contributed by atoms with Crippen molar-refractivity contribution in [3.8, 4) is 0 Å². The lowest BCUT2D eigenvalue weighted by atomic mass is 10.1. The Balaban J connectivity index is 1.31. The maximum Gasteiger partial charge on any atom is 0.261 e. The first-order valence-corrected chi connectivity index (χ1v) is 10.6. The van der Waals surface area contributed by atoms with Crippen LogP contribution in [0.4, 0.5) is 5.69 Å². The number of carbonyl (C=O) groups is 3. The number of imide groups is 1. The van der Waals surface area contributed by atoms with Crippen molar-refractivity contribution in [2.45, 2.75) is 11.8 Å². The van der Waals surface area contributed by atoms with Crippen molar-refractivity contribution in [3.05, 3.63) is 95.1 Å². The second-order valence-electron chi connectivity index (χ2n) is 7.00. The zero-order valence-electron chi connectivity index (χ0n) is 16.4. The van der Waals surface area contributed by atoms with Crippen molar-refractivity contribution >= 4 is 35.2 Å². The molecule has 0 saturated heterocycles. The number of benzene rings is 3. The van der Waals surface area contributed by atoms with Crippen molar-refractivity contribution in [2.75, 3.05) is 17.6 Å². The Bertz CT molecular complexity index is 1090. The number of fused-ring (bicyclic) bond motifs is 1. The van der Waals surface area contributed by atoms with Crippen LogP contribution < -0.4 is 5.32 Å². The van der Waals surface area contributed by atoms with Gasteiger partial charge in [-0.05, 0) is 55.5 Å². The van der Waals surface area contributed by atoms with E-state index in [1.165, 1.54) is 4.90 Å². The number of hydrogen-bond donors (Lipinski definition) is 1. The number of amides is 3. The molecule has 1 aliphatic rings. The van der Waals surface area contributed by atoms with Gasteiger partial charge in [0.25, 0.3) is 17.7 Å². The highest BCUT2D eigenvalue weighted by molar-refractivity contribution is 7.99. The molecular formula is C24H20N2O3S. The lowest BCUT2D eigenvalue weighted by Crippen LogP contribution is -2.31. The van der Waals surface area contributed by atoms with Gasteiger partial charge in [-0.15, -0.1) is 11.8 Å². The molecule has 0 unspecified atom stereocenters. The van der Waals surface area contributed by atoms with E-state index in [1.54, 1.807) is 42.1 Å². The number of nitrogens with zero attached hydrogens (tertiary/aromatic N) is 1. The second kappa shape index (κ2) is 8.55. The summed E-state index contributed by atoms with van der Waals surface area (Å²) in [6.45, 7) is 2.30. The van der Waals surface area contributed by atoms with Crippen LogP contribution in [0, 0.1) is 6.92 Å². The van der Waals surface area contributed by atoms with Crippen LogP contribution in [0.3, 0.4) is 0 Å². The SMILES string of the molecule is Cc1cccc(C(=O)Nc2ccc(SCCN3C(=O)c4ccccc4C3=O)cc2)c1. The minimum absolute atomic E-state index is 0.148. The summed E-state index contributed by atoms with van der Waals surface area (Å²) in [5.41, 5.74) is 3.32. The summed E-state index contributed by atoms with van der Waals surface area (Å²) in [5, 5.41) is 2.89. The minimum Gasteiger partial charge on any atom is -0.322 e. The third kappa shape index (κ3) is 4.14. The third-order valence-electron chi connectivity index (χ3n) is 4.85. The quantitative estimate of drug-likeness (QED) is 0.470. The molecule has 30 heavy (non-hydrogen) atoms. The molecule has 0 atom stereocenters. The predicted molar refractivity (Wildman–Crippen MR) is 118 cm³/mol. The number of rotatable bonds is 6. The summed E-state index contributed by atoms with van der Waals surface area (Å²) in [5.74, 6) is -0.0129. The Morgan fingerprint density at radius 2 is 1.57 bits per heavy atom. The molecule has 1 heterocycles. The van der Waals surface area contributed by atoms with Crippen molar-refractivity contribution < 1.29 is 14.4 Å². The van der Waals surface area contributed by atoms with Gasteiger partial charge < -0.3 is 5.32 Å². The van der Waals surface area contributed by atoms with E-state index in [-0.39, 0.29) is 17.7 Å². The van der Waals surface area contributed by atoms with Gasteiger partial charge in [0, 0.05) is 28.4 Å². The third-order valence-corrected chi connectivity index (χ3v) is 5.85. The van der Waals surface area contributed by atoms with E-state index in [0.717, 1.165) is 10.5 Å². The zero-order chi connectivity index (χ0) is 21.1. The van der Waals surface area contributed by atoms with Gasteiger partial charge >= 0.3 is 0 Å². The predicted octanol–water partition coefficient (Wildman–Crippen LogP) is 4.64. The average Bonchev–Trinajstić information content (AvgIpc) is 3.00. The van der Waals surface area contributed by atoms with Crippen molar-refractivity contribution in [2.24, 2.45) is 0 Å². The Kier molecular flexibility index (Phi) is 5.68. The molecule has 6 heteroatoms. The maximum atomic E-state index is 12.4. The average molecular weight is 417 g/mol. The van der Waals surface area contributed by atoms with Crippen LogP contribution in [0.5, 0.6) is 0 Å². The molecule has 1 aliphatic heterocycles. The van der Waals surface area contributed by atoms with E-state index in [2.05, 4.69) is 5.32 Å². The van der Waals surface area contributed by atoms with Gasteiger partial charge in [-0.25, -0.2) is 0 Å². The van der Waals surface area contributed by atoms with Gasteiger partial charge in [0.2, 0.25) is 0 Å². The monoisotopic (exact) mass is 416 g/mol. The van der Waals surface area contributed by atoms with Gasteiger partial charge in [-0.3, -0.25) is 19.3 Å². The highest BCUT2D eigenvalue weighted by Crippen LogP contribution is 2.25. The number of aryl methyl sites for hydroxylation is 1. The van der Waals surface area contributed by atoms with Crippen LogP contribution in [0.15, 0.2) is 77.7 Å². The van der Waals surface area contributed by atoms with Gasteiger partial charge in [0.1, 0.15) is 0 Å². The fourth-order valence-electron chi connectivity index (χ4n) is 3.32. The van der Waals surface area contributed by atoms with Crippen molar-refractivity contribution in [1.29, 1.82) is 0 Å². The zero-order valence-corrected chi connectivity index (χ0v) is 17.2. The second-order valence-corrected chi connectivity index (χ2v) is 8.17. The van der Waals surface area contributed by atoms with Crippen molar-refractivity contribution in [3.63, 3.8) is 0 Å². The van der Waals surface area contributed by atoms with Gasteiger partial charge in [0.15, 0.2) is 0 Å². The van der Waals surface area contributed by atoms with Gasteiger partial charge in [0.05, 0.1) is 11.1 Å². The smallest absolute Gasteiger partial charge is 0.261 e. The summed E-state index contributed by atoms with van der Waals surface area (Å²) in [4.78, 5) is 39.4. The normalized spacial score (nSPS) is 12.8. The topological polar surface area (TPSA) is 66.5 Å². The molecule has 0 aliphatic carbocycles. The largest absolute Gasteiger partial charge is 0.322 e. The number of anilines is 1. The lowest BCUT2D eigenvalue weighted by molar-refractivity contribution is 0.0664. The van der Waals surface area contributed by atoms with E-state index in [0.29, 0.717) is 34.7 Å². The molecular weight excluding hydrogens is 396 g/mol. The van der Waals surface area contributed by atoms with Crippen molar-refractivity contribution in [1.82, 2.24) is 4.90 Å². The summed E-state index contributed by atoms with van der Waals surface area (Å²) in [6.07, 6.45) is 0. The number of thioether (sulfide) groups is 1. The number of hydrogen-bond acceptors (Lipinski definition) is 4. The molecule has 5 nitrogen and oxygen atoms in total. The number of nitrogens with one attached hydrogen (secondary N) is 1. The minimum atomic E-state index is -0.231. The van der Waals surface area contributed by atoms with E-state index in [1.807, 2.05) is 49.4 Å². The molecule has 3 aromatic carbocycles. The van der Waals surface area contributed by atoms with E-state index >= 15 is 0 Å². The lowest BCUT2D eigenvalue weighted by Gasteiger charge is -2.13. The van der Waals surface area contributed by atoms with E-state index in [9.17, 15) is 14.4 Å². The Labute approximate surface area is 179 Å². The van der Waals surface area contributed by atoms with Crippen LogP contribution in [-0.4, -0.2) is 34.9 Å². The van der Waals surface area contributed by atoms with Crippen LogP contribution in [0.25, 0.3) is 0 Å². The summed E-state index contributed by atoms with van der Waals surface area (Å²) < 4.78 is 0. The molecule has 3 aromatic rings. The summed E-state index contributed by atoms with van der Waals surface area (Å²) in [7, 11) is 0. The molecule has 4 rings (SSSR count). The van der Waals surface area contributed by atoms with E-state index in [4.69, 9.17) is 0 Å². The Morgan fingerprint density at radius 1 is 0.900 bits per heavy atom. The molecule has 3 amide bonds. The van der Waals surface area contributed by atoms with Crippen LogP contribution in [-0.2, 0) is 0 Å². The first kappa shape index (κ1) is 19.9. The highest BCUT2D eigenvalue weighted by Gasteiger charge is 2.34. The van der Waals surface area contributed by atoms with Gasteiger partial charge in [-0.1, -0.05) is 29.8 Å². The molecule has 0 saturated carbocycles. The fourth-order valence-corrected chi connectivity index (χ4v) is 4.16. The highest BCUT2D eigenvalue weighted by atomic mass is 32.2. The van der Waals surface area contributed by atoms with E-state index < -0.39 is 0 Å². The first-order valence-electron chi connectivity index (χ1n) is 9.59. The summed E-state index contributed by atoms with van der Waals surface area (Å²) in [6, 6.07) is 21.9. The maximum absolute atomic E-state index is 12.4. The molecule has 0 bridgehead atoms. The van der Waals surface area contributed by atoms with Crippen LogP contribution in [0.1, 0.15) is 36.6 Å². The molecule has 0 radical (unpaired) electrons. The Morgan fingerprint density at radius 3 is 2.20 bits per heavy atom. The molecule has 150 valence electrons. The first-order chi connectivity index (χ1) is 14.5. The van der Waals surface area contributed by atoms with Crippen LogP contribution >= 0.6 is 11.8 Å². The molecule has 0 aromatic heterocycles. The standard InChI is InChI=1S/C24H20N2O3S/c1-16-5-4-6-17(15-16)22(27)25-18-9-11-19(12-10-18)30-14-13-26-23(28)20-7-2-3-8-21(20)24(26)29/h2-12,15H,13-14H2,1H3,(H,25,27). The summed E-state index contributed by atoms with van der Waals surface area (Å²) >= 11 is 1.56. The fraction of sp³-hybridized carbons (Fsp3) is 0.125.